The summed E-state index contributed by atoms with van der Waals surface area (Å²) in [6.45, 7) is 2.63. The third-order valence-electron chi connectivity index (χ3n) is 11.9. The van der Waals surface area contributed by atoms with E-state index in [4.69, 9.17) is 4.74 Å². The van der Waals surface area contributed by atoms with Crippen LogP contribution >= 0.6 is 0 Å². The van der Waals surface area contributed by atoms with Gasteiger partial charge in [0.1, 0.15) is 0 Å². The first kappa shape index (κ1) is 20.1. The van der Waals surface area contributed by atoms with Gasteiger partial charge in [0.05, 0.1) is 7.11 Å². The lowest BCUT2D eigenvalue weighted by atomic mass is 9.48. The first-order valence-electron chi connectivity index (χ1n) is 13.6. The van der Waals surface area contributed by atoms with Crippen LogP contribution in [-0.2, 0) is 9.53 Å². The van der Waals surface area contributed by atoms with Crippen molar-refractivity contribution in [2.45, 2.75) is 96.8 Å². The zero-order chi connectivity index (χ0) is 20.5. The second-order valence-electron chi connectivity index (χ2n) is 12.9. The van der Waals surface area contributed by atoms with E-state index in [0.29, 0.717) is 12.3 Å². The van der Waals surface area contributed by atoms with Crippen LogP contribution in [0.25, 0.3) is 0 Å². The van der Waals surface area contributed by atoms with Crippen LogP contribution < -0.4 is 0 Å². The molecule has 0 aromatic carbocycles. The molecule has 6 aliphatic carbocycles. The fourth-order valence-corrected chi connectivity index (χ4v) is 10.4. The number of ether oxygens (including phenoxy) is 1. The lowest BCUT2D eigenvalue weighted by Gasteiger charge is -2.57. The normalized spacial score (nSPS) is 51.1. The maximum absolute atomic E-state index is 11.8. The predicted octanol–water partition coefficient (Wildman–Crippen LogP) is 6.87. The minimum absolute atomic E-state index is 0.0138. The molecule has 2 heteroatoms. The summed E-state index contributed by atoms with van der Waals surface area (Å²) in [6, 6.07) is 0. The van der Waals surface area contributed by atoms with Crippen molar-refractivity contribution in [1.29, 1.82) is 0 Å². The number of hydrogen-bond acceptors (Lipinski definition) is 2. The van der Waals surface area contributed by atoms with Crippen molar-refractivity contribution >= 4 is 5.97 Å². The molecule has 0 saturated heterocycles. The first-order chi connectivity index (χ1) is 14.6. The van der Waals surface area contributed by atoms with Crippen molar-refractivity contribution in [3.63, 3.8) is 0 Å². The summed E-state index contributed by atoms with van der Waals surface area (Å²) in [4.78, 5) is 11.8. The summed E-state index contributed by atoms with van der Waals surface area (Å²) in [5.74, 6) is 10.0. The molecule has 0 heterocycles. The van der Waals surface area contributed by atoms with Crippen molar-refractivity contribution in [3.8, 4) is 0 Å². The molecule has 6 aliphatic rings. The van der Waals surface area contributed by atoms with Crippen molar-refractivity contribution in [3.05, 3.63) is 0 Å². The summed E-state index contributed by atoms with van der Waals surface area (Å²) in [6.07, 6.45) is 20.1. The number of carbonyl (C=O) groups is 1. The zero-order valence-corrected chi connectivity index (χ0v) is 19.5. The van der Waals surface area contributed by atoms with E-state index in [1.54, 1.807) is 45.6 Å². The molecule has 0 N–H and O–H groups in total. The Balaban J connectivity index is 1.15. The second-order valence-corrected chi connectivity index (χ2v) is 12.9. The highest BCUT2D eigenvalue weighted by atomic mass is 16.5. The van der Waals surface area contributed by atoms with E-state index in [1.807, 2.05) is 0 Å². The van der Waals surface area contributed by atoms with Crippen LogP contribution in [0.3, 0.4) is 0 Å². The Morgan fingerprint density at radius 3 is 2.13 bits per heavy atom. The van der Waals surface area contributed by atoms with E-state index in [9.17, 15) is 4.79 Å². The molecule has 168 valence electrons. The molecule has 10 atom stereocenters. The van der Waals surface area contributed by atoms with Gasteiger partial charge in [-0.05, 0) is 148 Å². The number of rotatable bonds is 3. The topological polar surface area (TPSA) is 26.3 Å². The Bertz CT molecular complexity index is 666. The van der Waals surface area contributed by atoms with E-state index in [2.05, 4.69) is 6.92 Å². The second kappa shape index (κ2) is 7.51. The Morgan fingerprint density at radius 1 is 0.767 bits per heavy atom. The van der Waals surface area contributed by atoms with E-state index in [0.717, 1.165) is 58.7 Å². The molecule has 6 fully saturated rings. The molecule has 0 bridgehead atoms. The third kappa shape index (κ3) is 3.21. The van der Waals surface area contributed by atoms with Gasteiger partial charge < -0.3 is 4.74 Å². The van der Waals surface area contributed by atoms with Gasteiger partial charge in [-0.1, -0.05) is 6.92 Å². The van der Waals surface area contributed by atoms with Gasteiger partial charge >= 0.3 is 5.97 Å². The summed E-state index contributed by atoms with van der Waals surface area (Å²) in [5, 5.41) is 0. The van der Waals surface area contributed by atoms with Gasteiger partial charge in [0.2, 0.25) is 0 Å². The maximum atomic E-state index is 11.8. The van der Waals surface area contributed by atoms with Crippen LogP contribution in [0.15, 0.2) is 0 Å². The molecule has 10 unspecified atom stereocenters. The van der Waals surface area contributed by atoms with Gasteiger partial charge in [-0.3, -0.25) is 4.79 Å². The van der Waals surface area contributed by atoms with Crippen LogP contribution in [-0.4, -0.2) is 13.1 Å². The van der Waals surface area contributed by atoms with Crippen molar-refractivity contribution in [2.24, 2.45) is 64.6 Å². The lowest BCUT2D eigenvalue weighted by molar-refractivity contribution is -0.142. The van der Waals surface area contributed by atoms with Crippen LogP contribution in [0.4, 0.5) is 0 Å². The van der Waals surface area contributed by atoms with Crippen LogP contribution in [0.2, 0.25) is 0 Å². The molecule has 0 aliphatic heterocycles. The average Bonchev–Trinajstić information content (AvgIpc) is 3.35. The third-order valence-corrected chi connectivity index (χ3v) is 11.9. The molecule has 0 amide bonds. The van der Waals surface area contributed by atoms with E-state index in [1.165, 1.54) is 44.9 Å². The van der Waals surface area contributed by atoms with Gasteiger partial charge in [-0.15, -0.1) is 0 Å². The van der Waals surface area contributed by atoms with Crippen molar-refractivity contribution in [2.75, 3.05) is 7.11 Å². The Kier molecular flexibility index (Phi) is 5.04. The Labute approximate surface area is 184 Å². The standard InChI is InChI=1S/C28H44O2/c1-28(13-14-28)25-12-6-18-4-8-23-22-9-5-19-15-17(16-26(29)30-2)3-7-20(19)21(22)10-11-24(23)27(18)25/h17-25,27H,3-16H2,1-2H3. The van der Waals surface area contributed by atoms with Crippen molar-refractivity contribution < 1.29 is 9.53 Å². The summed E-state index contributed by atoms with van der Waals surface area (Å²) >= 11 is 0. The molecule has 6 saturated carbocycles. The van der Waals surface area contributed by atoms with Crippen LogP contribution in [0, 0.1) is 64.6 Å². The van der Waals surface area contributed by atoms with Gasteiger partial charge in [0, 0.05) is 6.42 Å². The number of methoxy groups -OCH3 is 1. The quantitative estimate of drug-likeness (QED) is 0.473. The van der Waals surface area contributed by atoms with Gasteiger partial charge in [0.25, 0.3) is 0 Å². The molecular formula is C28H44O2. The summed E-state index contributed by atoms with van der Waals surface area (Å²) in [5.41, 5.74) is 0.744. The largest absolute Gasteiger partial charge is 0.469 e. The van der Waals surface area contributed by atoms with Gasteiger partial charge in [-0.25, -0.2) is 0 Å². The van der Waals surface area contributed by atoms with E-state index >= 15 is 0 Å². The molecule has 0 spiro atoms. The Morgan fingerprint density at radius 2 is 1.37 bits per heavy atom. The maximum Gasteiger partial charge on any atom is 0.305 e. The van der Waals surface area contributed by atoms with Crippen LogP contribution in [0.1, 0.15) is 96.8 Å². The molecule has 2 nitrogen and oxygen atoms in total. The molecule has 6 rings (SSSR count). The monoisotopic (exact) mass is 412 g/mol. The highest BCUT2D eigenvalue weighted by Gasteiger charge is 2.59. The van der Waals surface area contributed by atoms with Crippen molar-refractivity contribution in [1.82, 2.24) is 0 Å². The average molecular weight is 413 g/mol. The highest BCUT2D eigenvalue weighted by Crippen LogP contribution is 2.67. The summed E-state index contributed by atoms with van der Waals surface area (Å²) < 4.78 is 4.97. The Hall–Kier alpha value is -0.530. The molecule has 0 radical (unpaired) electrons. The van der Waals surface area contributed by atoms with E-state index < -0.39 is 0 Å². The van der Waals surface area contributed by atoms with E-state index in [-0.39, 0.29) is 5.97 Å². The lowest BCUT2D eigenvalue weighted by Crippen LogP contribution is -2.50. The van der Waals surface area contributed by atoms with Gasteiger partial charge in [0.15, 0.2) is 0 Å². The molecule has 30 heavy (non-hydrogen) atoms. The highest BCUT2D eigenvalue weighted by molar-refractivity contribution is 5.69. The number of fused-ring (bicyclic) bond motifs is 7. The molecule has 0 aromatic rings. The van der Waals surface area contributed by atoms with Gasteiger partial charge in [-0.2, -0.15) is 0 Å². The minimum Gasteiger partial charge on any atom is -0.469 e. The molecule has 0 aromatic heterocycles. The first-order valence-corrected chi connectivity index (χ1v) is 13.6. The number of hydrogen-bond donors (Lipinski definition) is 0. The number of carbonyl (C=O) groups excluding carboxylic acids is 1. The summed E-state index contributed by atoms with van der Waals surface area (Å²) in [7, 11) is 1.55. The zero-order valence-electron chi connectivity index (χ0n) is 19.5. The van der Waals surface area contributed by atoms with Crippen LogP contribution in [0.5, 0.6) is 0 Å². The smallest absolute Gasteiger partial charge is 0.305 e. The molecular weight excluding hydrogens is 368 g/mol. The minimum atomic E-state index is 0.0138. The number of esters is 1. The predicted molar refractivity (Wildman–Crippen MR) is 120 cm³/mol. The fourth-order valence-electron chi connectivity index (χ4n) is 10.4. The fraction of sp³-hybridized carbons (Fsp3) is 0.964. The SMILES string of the molecule is COC(=O)CC1CCC2C(CCC3C2CCC2C3CCC3CCC(C4(C)CC4)C32)C1.